The average molecular weight is 575 g/mol. The summed E-state index contributed by atoms with van der Waals surface area (Å²) in [5.74, 6) is 0.194. The van der Waals surface area contributed by atoms with E-state index >= 15 is 0 Å². The van der Waals surface area contributed by atoms with Crippen molar-refractivity contribution in [3.05, 3.63) is 95.6 Å². The van der Waals surface area contributed by atoms with Crippen LogP contribution in [-0.2, 0) is 16.6 Å². The van der Waals surface area contributed by atoms with Gasteiger partial charge in [-0.25, -0.2) is 13.2 Å². The number of hydrogen-bond acceptors (Lipinski definition) is 6. The van der Waals surface area contributed by atoms with Crippen LogP contribution in [0.15, 0.2) is 83.8 Å². The van der Waals surface area contributed by atoms with Crippen molar-refractivity contribution >= 4 is 32.5 Å². The van der Waals surface area contributed by atoms with Crippen molar-refractivity contribution in [2.75, 3.05) is 32.2 Å². The molecule has 0 bridgehead atoms. The molecule has 1 aliphatic heterocycles. The van der Waals surface area contributed by atoms with Gasteiger partial charge in [-0.2, -0.15) is 4.31 Å². The first-order valence-electron chi connectivity index (χ1n) is 13.5. The fourth-order valence-electron chi connectivity index (χ4n) is 5.53. The second-order valence-corrected chi connectivity index (χ2v) is 12.2. The lowest BCUT2D eigenvalue weighted by atomic mass is 10.0. The lowest BCUT2D eigenvalue weighted by Gasteiger charge is -2.39. The number of anilines is 1. The molecule has 9 heteroatoms. The highest BCUT2D eigenvalue weighted by atomic mass is 32.2. The summed E-state index contributed by atoms with van der Waals surface area (Å²) in [6, 6.07) is 23.3. The number of ether oxygens (including phenoxy) is 2. The molecule has 0 saturated carbocycles. The molecule has 0 amide bonds. The van der Waals surface area contributed by atoms with Gasteiger partial charge in [0.15, 0.2) is 0 Å². The number of methoxy groups -OCH3 is 2. The average Bonchev–Trinajstić information content (AvgIpc) is 2.99. The van der Waals surface area contributed by atoms with E-state index in [9.17, 15) is 18.3 Å². The van der Waals surface area contributed by atoms with Gasteiger partial charge < -0.3 is 19.5 Å². The van der Waals surface area contributed by atoms with Crippen LogP contribution >= 0.6 is 0 Å². The van der Waals surface area contributed by atoms with E-state index in [0.29, 0.717) is 43.0 Å². The molecule has 4 aromatic carbocycles. The second kappa shape index (κ2) is 11.8. The topological polar surface area (TPSA) is 96.4 Å². The predicted octanol–water partition coefficient (Wildman–Crippen LogP) is 5.72. The molecule has 1 aliphatic rings. The predicted molar refractivity (Wildman–Crippen MR) is 160 cm³/mol. The number of sulfonamides is 1. The molecular weight excluding hydrogens is 540 g/mol. The van der Waals surface area contributed by atoms with Crippen molar-refractivity contribution in [1.82, 2.24) is 4.31 Å². The lowest BCUT2D eigenvalue weighted by Crippen LogP contribution is -2.47. The third-order valence-corrected chi connectivity index (χ3v) is 9.64. The van der Waals surface area contributed by atoms with Gasteiger partial charge in [0.1, 0.15) is 11.5 Å². The quantitative estimate of drug-likeness (QED) is 0.273. The van der Waals surface area contributed by atoms with Crippen LogP contribution in [0.25, 0.3) is 10.8 Å². The maximum absolute atomic E-state index is 14.4. The fourth-order valence-corrected chi connectivity index (χ4v) is 7.22. The smallest absolute Gasteiger partial charge is 0.335 e. The van der Waals surface area contributed by atoms with Gasteiger partial charge in [0, 0.05) is 31.4 Å². The molecule has 0 radical (unpaired) electrons. The molecule has 0 spiro atoms. The van der Waals surface area contributed by atoms with Crippen molar-refractivity contribution in [3.8, 4) is 11.5 Å². The Morgan fingerprint density at radius 2 is 1.51 bits per heavy atom. The van der Waals surface area contributed by atoms with Gasteiger partial charge in [-0.1, -0.05) is 30.3 Å². The Labute approximate surface area is 240 Å². The Morgan fingerprint density at radius 1 is 0.902 bits per heavy atom. The minimum absolute atomic E-state index is 0.0970. The van der Waals surface area contributed by atoms with Crippen LogP contribution in [0.5, 0.6) is 11.5 Å². The van der Waals surface area contributed by atoms with E-state index < -0.39 is 16.0 Å². The molecule has 214 valence electrons. The first-order chi connectivity index (χ1) is 19.7. The number of carbonyl (C=O) groups is 1. The Bertz CT molecular complexity index is 1640. The molecule has 4 aromatic rings. The normalized spacial score (nSPS) is 14.4. The monoisotopic (exact) mass is 574 g/mol. The zero-order valence-corrected chi connectivity index (χ0v) is 24.2. The second-order valence-electron chi connectivity index (χ2n) is 10.3. The summed E-state index contributed by atoms with van der Waals surface area (Å²) >= 11 is 0. The minimum Gasteiger partial charge on any atom is -0.496 e. The van der Waals surface area contributed by atoms with Gasteiger partial charge in [0.05, 0.1) is 30.2 Å². The summed E-state index contributed by atoms with van der Waals surface area (Å²) < 4.78 is 41.7. The molecule has 0 atom stereocenters. The summed E-state index contributed by atoms with van der Waals surface area (Å²) in [7, 11) is -0.754. The van der Waals surface area contributed by atoms with Crippen LogP contribution < -0.4 is 14.4 Å². The summed E-state index contributed by atoms with van der Waals surface area (Å²) in [6.45, 7) is 3.29. The van der Waals surface area contributed by atoms with E-state index in [2.05, 4.69) is 4.90 Å². The van der Waals surface area contributed by atoms with Crippen molar-refractivity contribution in [1.29, 1.82) is 0 Å². The largest absolute Gasteiger partial charge is 0.496 e. The van der Waals surface area contributed by atoms with Gasteiger partial charge >= 0.3 is 5.97 Å². The number of carboxylic acids is 1. The highest BCUT2D eigenvalue weighted by Gasteiger charge is 2.35. The molecule has 1 heterocycles. The Morgan fingerprint density at radius 3 is 2.10 bits per heavy atom. The van der Waals surface area contributed by atoms with Gasteiger partial charge in [-0.15, -0.1) is 0 Å². The first-order valence-corrected chi connectivity index (χ1v) is 15.0. The Hall–Kier alpha value is -4.08. The molecule has 1 N–H and O–H groups in total. The molecule has 5 rings (SSSR count). The maximum Gasteiger partial charge on any atom is 0.335 e. The molecule has 0 unspecified atom stereocenters. The van der Waals surface area contributed by atoms with Crippen LogP contribution in [0.3, 0.4) is 0 Å². The number of benzene rings is 4. The highest BCUT2D eigenvalue weighted by Crippen LogP contribution is 2.36. The number of fused-ring (bicyclic) bond motifs is 1. The molecule has 0 aliphatic carbocycles. The van der Waals surface area contributed by atoms with Gasteiger partial charge in [0.25, 0.3) is 0 Å². The molecular formula is C32H34N2O6S. The maximum atomic E-state index is 14.4. The number of aromatic carboxylic acids is 1. The zero-order chi connectivity index (χ0) is 29.1. The van der Waals surface area contributed by atoms with Crippen LogP contribution in [0.2, 0.25) is 0 Å². The molecule has 1 fully saturated rings. The van der Waals surface area contributed by atoms with E-state index in [-0.39, 0.29) is 23.0 Å². The third kappa shape index (κ3) is 5.87. The molecule has 41 heavy (non-hydrogen) atoms. The van der Waals surface area contributed by atoms with E-state index in [1.165, 1.54) is 0 Å². The Balaban J connectivity index is 1.49. The van der Waals surface area contributed by atoms with Crippen LogP contribution in [-0.4, -0.2) is 57.1 Å². The number of hydrogen-bond donors (Lipinski definition) is 1. The third-order valence-electron chi connectivity index (χ3n) is 7.74. The van der Waals surface area contributed by atoms with Crippen molar-refractivity contribution in [2.45, 2.75) is 37.2 Å². The highest BCUT2D eigenvalue weighted by molar-refractivity contribution is 7.89. The number of aryl methyl sites for hydroxylation is 1. The van der Waals surface area contributed by atoms with E-state index in [4.69, 9.17) is 9.47 Å². The SMILES string of the molecule is COc1cc(C)cc(OC)c1CN(C1CCN(c2ccc(C(=O)O)cc2)CC1)S(=O)(=O)c1ccc2ccccc2c1. The molecule has 0 aromatic heterocycles. The van der Waals surface area contributed by atoms with Gasteiger partial charge in [0.2, 0.25) is 10.0 Å². The van der Waals surface area contributed by atoms with E-state index in [1.54, 1.807) is 54.9 Å². The van der Waals surface area contributed by atoms with Crippen molar-refractivity contribution < 1.29 is 27.8 Å². The molecule has 8 nitrogen and oxygen atoms in total. The van der Waals surface area contributed by atoms with Crippen LogP contribution in [0.1, 0.15) is 34.3 Å². The van der Waals surface area contributed by atoms with Gasteiger partial charge in [-0.05, 0) is 84.6 Å². The Kier molecular flexibility index (Phi) is 8.19. The lowest BCUT2D eigenvalue weighted by molar-refractivity contribution is 0.0697. The van der Waals surface area contributed by atoms with Crippen molar-refractivity contribution in [2.24, 2.45) is 0 Å². The van der Waals surface area contributed by atoms with Crippen LogP contribution in [0.4, 0.5) is 5.69 Å². The number of carboxylic acid groups (broad SMARTS) is 1. The minimum atomic E-state index is -3.91. The first kappa shape index (κ1) is 28.4. The fraction of sp³-hybridized carbons (Fsp3) is 0.281. The van der Waals surface area contributed by atoms with Crippen LogP contribution in [0, 0.1) is 6.92 Å². The van der Waals surface area contributed by atoms with E-state index in [1.807, 2.05) is 49.4 Å². The molecule has 1 saturated heterocycles. The zero-order valence-electron chi connectivity index (χ0n) is 23.4. The standard InChI is InChI=1S/C32H34N2O6S/c1-22-18-30(39-2)29(31(19-22)40-3)21-34(41(37,38)28-13-10-23-6-4-5-7-25(23)20-28)27-14-16-33(17-15-27)26-11-8-24(9-12-26)32(35)36/h4-13,18-20,27H,14-17,21H2,1-3H3,(H,35,36). The van der Waals surface area contributed by atoms with Gasteiger partial charge in [-0.3, -0.25) is 0 Å². The summed E-state index contributed by atoms with van der Waals surface area (Å²) in [5, 5.41) is 11.1. The summed E-state index contributed by atoms with van der Waals surface area (Å²) in [6.07, 6.45) is 1.20. The summed E-state index contributed by atoms with van der Waals surface area (Å²) in [5.41, 5.74) is 2.78. The summed E-state index contributed by atoms with van der Waals surface area (Å²) in [4.78, 5) is 13.7. The number of nitrogens with zero attached hydrogens (tertiary/aromatic N) is 2. The van der Waals surface area contributed by atoms with Crippen molar-refractivity contribution in [3.63, 3.8) is 0 Å². The van der Waals surface area contributed by atoms with E-state index in [0.717, 1.165) is 22.0 Å². The number of rotatable bonds is 9. The number of piperidine rings is 1.